The Morgan fingerprint density at radius 1 is 1.18 bits per heavy atom. The van der Waals surface area contributed by atoms with Crippen molar-refractivity contribution in [2.75, 3.05) is 0 Å². The highest BCUT2D eigenvalue weighted by molar-refractivity contribution is 7.10. The summed E-state index contributed by atoms with van der Waals surface area (Å²) in [6.07, 6.45) is 0. The first-order chi connectivity index (χ1) is 8.18. The summed E-state index contributed by atoms with van der Waals surface area (Å²) in [5.41, 5.74) is 3.00. The molecule has 1 aromatic carbocycles. The van der Waals surface area contributed by atoms with Gasteiger partial charge in [-0.3, -0.25) is 4.79 Å². The zero-order valence-corrected chi connectivity index (χ0v) is 10.8. The van der Waals surface area contributed by atoms with Gasteiger partial charge in [-0.2, -0.15) is 0 Å². The van der Waals surface area contributed by atoms with Gasteiger partial charge in [0.1, 0.15) is 0 Å². The van der Waals surface area contributed by atoms with E-state index in [1.54, 1.807) is 11.3 Å². The number of amides is 1. The van der Waals surface area contributed by atoms with Crippen LogP contribution < -0.4 is 5.32 Å². The largest absolute Gasteiger partial charge is 0.347 e. The van der Waals surface area contributed by atoms with E-state index in [1.165, 1.54) is 10.4 Å². The van der Waals surface area contributed by atoms with Crippen LogP contribution in [0.2, 0.25) is 0 Å². The predicted octanol–water partition coefficient (Wildman–Crippen LogP) is 3.29. The zero-order chi connectivity index (χ0) is 12.3. The van der Waals surface area contributed by atoms with Crippen LogP contribution in [-0.2, 0) is 6.54 Å². The first kappa shape index (κ1) is 11.9. The minimum Gasteiger partial charge on any atom is -0.347 e. The average Bonchev–Trinajstić information content (AvgIpc) is 2.72. The predicted molar refractivity (Wildman–Crippen MR) is 71.4 cm³/mol. The summed E-state index contributed by atoms with van der Waals surface area (Å²) in [5.74, 6) is -0.00380. The van der Waals surface area contributed by atoms with Gasteiger partial charge in [-0.15, -0.1) is 11.3 Å². The standard InChI is InChI=1S/C14H15NOS/c1-10-5-3-4-6-12(10)14(16)15-9-13-11(2)7-8-17-13/h3-8H,9H2,1-2H3,(H,15,16). The Hall–Kier alpha value is -1.61. The fourth-order valence-electron chi connectivity index (χ4n) is 1.67. The van der Waals surface area contributed by atoms with Gasteiger partial charge >= 0.3 is 0 Å². The van der Waals surface area contributed by atoms with Crippen molar-refractivity contribution in [3.05, 3.63) is 57.3 Å². The number of carbonyl (C=O) groups is 1. The third-order valence-corrected chi connectivity index (χ3v) is 3.79. The van der Waals surface area contributed by atoms with Gasteiger partial charge in [-0.1, -0.05) is 18.2 Å². The Morgan fingerprint density at radius 3 is 2.59 bits per heavy atom. The monoisotopic (exact) mass is 245 g/mol. The zero-order valence-electron chi connectivity index (χ0n) is 9.99. The minimum atomic E-state index is -0.00380. The molecule has 1 heterocycles. The maximum Gasteiger partial charge on any atom is 0.251 e. The summed E-state index contributed by atoms with van der Waals surface area (Å²) < 4.78 is 0. The highest BCUT2D eigenvalue weighted by Gasteiger charge is 2.08. The highest BCUT2D eigenvalue weighted by atomic mass is 32.1. The molecule has 0 aliphatic heterocycles. The molecule has 0 saturated carbocycles. The van der Waals surface area contributed by atoms with Gasteiger partial charge < -0.3 is 5.32 Å². The fraction of sp³-hybridized carbons (Fsp3) is 0.214. The van der Waals surface area contributed by atoms with Crippen LogP contribution in [0.1, 0.15) is 26.4 Å². The summed E-state index contributed by atoms with van der Waals surface area (Å²) in [5, 5.41) is 5.00. The second-order valence-corrected chi connectivity index (χ2v) is 5.03. The van der Waals surface area contributed by atoms with Crippen LogP contribution in [0.4, 0.5) is 0 Å². The van der Waals surface area contributed by atoms with E-state index in [0.29, 0.717) is 6.54 Å². The summed E-state index contributed by atoms with van der Waals surface area (Å²) in [6, 6.07) is 9.70. The van der Waals surface area contributed by atoms with E-state index < -0.39 is 0 Å². The second-order valence-electron chi connectivity index (χ2n) is 4.02. The second kappa shape index (κ2) is 5.15. The molecule has 17 heavy (non-hydrogen) atoms. The van der Waals surface area contributed by atoms with Crippen LogP contribution in [0.5, 0.6) is 0 Å². The van der Waals surface area contributed by atoms with Crippen molar-refractivity contribution < 1.29 is 4.79 Å². The van der Waals surface area contributed by atoms with E-state index in [-0.39, 0.29) is 5.91 Å². The topological polar surface area (TPSA) is 29.1 Å². The SMILES string of the molecule is Cc1ccccc1C(=O)NCc1sccc1C. The van der Waals surface area contributed by atoms with E-state index in [0.717, 1.165) is 11.1 Å². The molecular formula is C14H15NOS. The van der Waals surface area contributed by atoms with Gasteiger partial charge in [-0.25, -0.2) is 0 Å². The summed E-state index contributed by atoms with van der Waals surface area (Å²) in [4.78, 5) is 13.2. The number of hydrogen-bond donors (Lipinski definition) is 1. The van der Waals surface area contributed by atoms with E-state index >= 15 is 0 Å². The van der Waals surface area contributed by atoms with Gasteiger partial charge in [0.2, 0.25) is 0 Å². The molecule has 0 aliphatic carbocycles. The van der Waals surface area contributed by atoms with E-state index in [9.17, 15) is 4.79 Å². The van der Waals surface area contributed by atoms with Crippen LogP contribution in [0.15, 0.2) is 35.7 Å². The van der Waals surface area contributed by atoms with Crippen molar-refractivity contribution in [3.63, 3.8) is 0 Å². The molecule has 2 nitrogen and oxygen atoms in total. The molecule has 0 aliphatic rings. The maximum atomic E-state index is 12.0. The number of rotatable bonds is 3. The number of nitrogens with one attached hydrogen (secondary N) is 1. The minimum absolute atomic E-state index is 0.00380. The van der Waals surface area contributed by atoms with Gasteiger partial charge in [-0.05, 0) is 42.5 Å². The Balaban J connectivity index is 2.04. The van der Waals surface area contributed by atoms with Gasteiger partial charge in [0, 0.05) is 10.4 Å². The van der Waals surface area contributed by atoms with Crippen molar-refractivity contribution >= 4 is 17.2 Å². The summed E-state index contributed by atoms with van der Waals surface area (Å²) in [6.45, 7) is 4.62. The highest BCUT2D eigenvalue weighted by Crippen LogP contribution is 2.15. The van der Waals surface area contributed by atoms with E-state index in [2.05, 4.69) is 18.3 Å². The lowest BCUT2D eigenvalue weighted by atomic mass is 10.1. The van der Waals surface area contributed by atoms with Crippen molar-refractivity contribution in [2.45, 2.75) is 20.4 Å². The molecule has 2 rings (SSSR count). The van der Waals surface area contributed by atoms with Crippen LogP contribution in [-0.4, -0.2) is 5.91 Å². The van der Waals surface area contributed by atoms with Gasteiger partial charge in [0.25, 0.3) is 5.91 Å². The number of carbonyl (C=O) groups excluding carboxylic acids is 1. The molecule has 1 N–H and O–H groups in total. The lowest BCUT2D eigenvalue weighted by Crippen LogP contribution is -2.23. The molecule has 3 heteroatoms. The molecule has 0 atom stereocenters. The number of hydrogen-bond acceptors (Lipinski definition) is 2. The molecule has 88 valence electrons. The van der Waals surface area contributed by atoms with Crippen molar-refractivity contribution in [3.8, 4) is 0 Å². The van der Waals surface area contributed by atoms with Gasteiger partial charge in [0.05, 0.1) is 6.54 Å². The van der Waals surface area contributed by atoms with Crippen LogP contribution in [0.3, 0.4) is 0 Å². The molecule has 0 radical (unpaired) electrons. The Labute approximate surface area is 105 Å². The maximum absolute atomic E-state index is 12.0. The number of thiophene rings is 1. The molecule has 2 aromatic rings. The lowest BCUT2D eigenvalue weighted by Gasteiger charge is -2.07. The molecule has 0 spiro atoms. The van der Waals surface area contributed by atoms with Crippen LogP contribution in [0, 0.1) is 13.8 Å². The summed E-state index contributed by atoms with van der Waals surface area (Å²) >= 11 is 1.68. The Bertz CT molecular complexity index is 531. The number of benzene rings is 1. The lowest BCUT2D eigenvalue weighted by molar-refractivity contribution is 0.0950. The van der Waals surface area contributed by atoms with Crippen LogP contribution >= 0.6 is 11.3 Å². The van der Waals surface area contributed by atoms with Crippen molar-refractivity contribution in [2.24, 2.45) is 0 Å². The van der Waals surface area contributed by atoms with Gasteiger partial charge in [0.15, 0.2) is 0 Å². The Kier molecular flexibility index (Phi) is 3.59. The molecule has 0 bridgehead atoms. The average molecular weight is 245 g/mol. The van der Waals surface area contributed by atoms with E-state index in [1.807, 2.05) is 36.6 Å². The van der Waals surface area contributed by atoms with E-state index in [4.69, 9.17) is 0 Å². The first-order valence-electron chi connectivity index (χ1n) is 5.55. The molecule has 1 amide bonds. The normalized spacial score (nSPS) is 10.2. The molecule has 0 saturated heterocycles. The van der Waals surface area contributed by atoms with Crippen molar-refractivity contribution in [1.82, 2.24) is 5.32 Å². The quantitative estimate of drug-likeness (QED) is 0.883. The third kappa shape index (κ3) is 2.74. The molecular weight excluding hydrogens is 230 g/mol. The molecule has 0 unspecified atom stereocenters. The fourth-order valence-corrected chi connectivity index (χ4v) is 2.51. The smallest absolute Gasteiger partial charge is 0.251 e. The first-order valence-corrected chi connectivity index (χ1v) is 6.43. The third-order valence-electron chi connectivity index (χ3n) is 2.77. The number of aryl methyl sites for hydroxylation is 2. The van der Waals surface area contributed by atoms with Crippen LogP contribution in [0.25, 0.3) is 0 Å². The molecule has 1 aromatic heterocycles. The van der Waals surface area contributed by atoms with Crippen molar-refractivity contribution in [1.29, 1.82) is 0 Å². The molecule has 0 fully saturated rings. The Morgan fingerprint density at radius 2 is 1.94 bits per heavy atom. The summed E-state index contributed by atoms with van der Waals surface area (Å²) in [7, 11) is 0.